The first kappa shape index (κ1) is 13.1. The Bertz CT molecular complexity index is 612. The van der Waals surface area contributed by atoms with Crippen LogP contribution in [-0.2, 0) is 7.05 Å². The van der Waals surface area contributed by atoms with Gasteiger partial charge < -0.3 is 5.11 Å². The lowest BCUT2D eigenvalue weighted by atomic mass is 10.3. The van der Waals surface area contributed by atoms with Crippen LogP contribution in [0, 0.1) is 6.92 Å². The standard InChI is InChI=1S/C11H10BrN3O2S/c1-6-3-9(15(2)14-6)18-10-8(11(16)17)4-7(12)5-13-10/h3-5H,1-2H3,(H,16,17). The Kier molecular flexibility index (Phi) is 3.72. The lowest BCUT2D eigenvalue weighted by Crippen LogP contribution is -2.01. The first-order valence-corrected chi connectivity index (χ1v) is 6.65. The molecule has 0 atom stereocenters. The van der Waals surface area contributed by atoms with Crippen molar-refractivity contribution in [2.75, 3.05) is 0 Å². The van der Waals surface area contributed by atoms with Crippen LogP contribution in [-0.4, -0.2) is 25.8 Å². The Morgan fingerprint density at radius 3 is 2.78 bits per heavy atom. The lowest BCUT2D eigenvalue weighted by molar-refractivity contribution is 0.0692. The van der Waals surface area contributed by atoms with E-state index in [1.54, 1.807) is 16.9 Å². The number of aryl methyl sites for hydroxylation is 2. The maximum Gasteiger partial charge on any atom is 0.338 e. The summed E-state index contributed by atoms with van der Waals surface area (Å²) in [6.45, 7) is 1.89. The zero-order valence-electron chi connectivity index (χ0n) is 9.72. The summed E-state index contributed by atoms with van der Waals surface area (Å²) in [7, 11) is 1.81. The lowest BCUT2D eigenvalue weighted by Gasteiger charge is -2.05. The molecule has 0 aliphatic carbocycles. The number of carboxylic acid groups (broad SMARTS) is 1. The summed E-state index contributed by atoms with van der Waals surface area (Å²) in [6, 6.07) is 3.43. The summed E-state index contributed by atoms with van der Waals surface area (Å²) in [6.07, 6.45) is 1.58. The molecule has 7 heteroatoms. The van der Waals surface area contributed by atoms with Gasteiger partial charge in [0.25, 0.3) is 0 Å². The fraction of sp³-hybridized carbons (Fsp3) is 0.182. The van der Waals surface area contributed by atoms with Crippen LogP contribution in [0.2, 0.25) is 0 Å². The first-order chi connectivity index (χ1) is 8.47. The molecule has 0 saturated carbocycles. The minimum absolute atomic E-state index is 0.174. The van der Waals surface area contributed by atoms with Crippen LogP contribution in [0.4, 0.5) is 0 Å². The summed E-state index contributed by atoms with van der Waals surface area (Å²) in [5.74, 6) is -0.995. The summed E-state index contributed by atoms with van der Waals surface area (Å²) in [5, 5.41) is 14.7. The fourth-order valence-electron chi connectivity index (χ4n) is 1.44. The third kappa shape index (κ3) is 2.73. The molecule has 2 aromatic heterocycles. The van der Waals surface area contributed by atoms with Gasteiger partial charge in [0.2, 0.25) is 0 Å². The van der Waals surface area contributed by atoms with Crippen LogP contribution >= 0.6 is 27.7 Å². The SMILES string of the molecule is Cc1cc(Sc2ncc(Br)cc2C(=O)O)n(C)n1. The fourth-order valence-corrected chi connectivity index (χ4v) is 2.74. The average Bonchev–Trinajstić information content (AvgIpc) is 2.60. The molecule has 2 aromatic rings. The molecule has 2 rings (SSSR count). The second-order valence-corrected chi connectivity index (χ2v) is 5.59. The molecule has 5 nitrogen and oxygen atoms in total. The predicted octanol–water partition coefficient (Wildman–Crippen LogP) is 2.74. The third-order valence-corrected chi connectivity index (χ3v) is 3.75. The number of rotatable bonds is 3. The molecule has 18 heavy (non-hydrogen) atoms. The van der Waals surface area contributed by atoms with Crippen molar-refractivity contribution >= 4 is 33.7 Å². The molecule has 0 aliphatic rings. The average molecular weight is 328 g/mol. The largest absolute Gasteiger partial charge is 0.478 e. The summed E-state index contributed by atoms with van der Waals surface area (Å²) in [5.41, 5.74) is 1.06. The highest BCUT2D eigenvalue weighted by molar-refractivity contribution is 9.10. The Labute approximate surface area is 116 Å². The van der Waals surface area contributed by atoms with Crippen molar-refractivity contribution in [3.63, 3.8) is 0 Å². The highest BCUT2D eigenvalue weighted by atomic mass is 79.9. The van der Waals surface area contributed by atoms with Gasteiger partial charge >= 0.3 is 5.97 Å². The number of aromatic nitrogens is 3. The number of hydrogen-bond acceptors (Lipinski definition) is 4. The van der Waals surface area contributed by atoms with E-state index in [9.17, 15) is 4.79 Å². The van der Waals surface area contributed by atoms with Crippen LogP contribution in [0.15, 0.2) is 32.9 Å². The van der Waals surface area contributed by atoms with E-state index in [0.29, 0.717) is 9.50 Å². The van der Waals surface area contributed by atoms with Crippen molar-refractivity contribution in [2.24, 2.45) is 7.05 Å². The molecular weight excluding hydrogens is 318 g/mol. The van der Waals surface area contributed by atoms with Gasteiger partial charge in [-0.15, -0.1) is 0 Å². The van der Waals surface area contributed by atoms with Crippen LogP contribution in [0.25, 0.3) is 0 Å². The van der Waals surface area contributed by atoms with Crippen LogP contribution < -0.4 is 0 Å². The molecule has 0 radical (unpaired) electrons. The van der Waals surface area contributed by atoms with Gasteiger partial charge in [-0.3, -0.25) is 4.68 Å². The van der Waals surface area contributed by atoms with Gasteiger partial charge in [0.15, 0.2) is 0 Å². The molecule has 0 bridgehead atoms. The number of halogens is 1. The van der Waals surface area contributed by atoms with Crippen molar-refractivity contribution in [3.05, 3.63) is 34.1 Å². The van der Waals surface area contributed by atoms with E-state index in [4.69, 9.17) is 5.11 Å². The highest BCUT2D eigenvalue weighted by Crippen LogP contribution is 2.30. The second-order valence-electron chi connectivity index (χ2n) is 3.66. The molecule has 1 N–H and O–H groups in total. The first-order valence-electron chi connectivity index (χ1n) is 5.04. The molecular formula is C11H10BrN3O2S. The number of aromatic carboxylic acids is 1. The van der Waals surface area contributed by atoms with E-state index in [0.717, 1.165) is 10.7 Å². The van der Waals surface area contributed by atoms with Crippen molar-refractivity contribution in [3.8, 4) is 0 Å². The van der Waals surface area contributed by atoms with E-state index < -0.39 is 5.97 Å². The molecule has 0 spiro atoms. The minimum atomic E-state index is -0.995. The zero-order valence-corrected chi connectivity index (χ0v) is 12.1. The number of carboxylic acids is 1. The Hall–Kier alpha value is -1.34. The second kappa shape index (κ2) is 5.11. The van der Waals surface area contributed by atoms with E-state index in [1.165, 1.54) is 11.8 Å². The Balaban J connectivity index is 2.40. The van der Waals surface area contributed by atoms with Gasteiger partial charge in [-0.25, -0.2) is 9.78 Å². The summed E-state index contributed by atoms with van der Waals surface area (Å²) in [4.78, 5) is 15.3. The highest BCUT2D eigenvalue weighted by Gasteiger charge is 2.15. The molecule has 2 heterocycles. The van der Waals surface area contributed by atoms with E-state index in [1.807, 2.05) is 20.0 Å². The molecule has 0 amide bonds. The van der Waals surface area contributed by atoms with Crippen LogP contribution in [0.1, 0.15) is 16.1 Å². The number of nitrogens with zero attached hydrogens (tertiary/aromatic N) is 3. The molecule has 0 unspecified atom stereocenters. The smallest absolute Gasteiger partial charge is 0.338 e. The quantitative estimate of drug-likeness (QED) is 0.938. The molecule has 0 fully saturated rings. The van der Waals surface area contributed by atoms with E-state index in [-0.39, 0.29) is 5.56 Å². The van der Waals surface area contributed by atoms with Gasteiger partial charge in [0.1, 0.15) is 10.1 Å². The molecule has 0 saturated heterocycles. The maximum atomic E-state index is 11.2. The molecule has 0 aromatic carbocycles. The summed E-state index contributed by atoms with van der Waals surface area (Å²) >= 11 is 4.50. The molecule has 94 valence electrons. The van der Waals surface area contributed by atoms with E-state index in [2.05, 4.69) is 26.0 Å². The van der Waals surface area contributed by atoms with Crippen LogP contribution in [0.3, 0.4) is 0 Å². The summed E-state index contributed by atoms with van der Waals surface area (Å²) < 4.78 is 2.35. The van der Waals surface area contributed by atoms with Crippen molar-refractivity contribution in [1.29, 1.82) is 0 Å². The van der Waals surface area contributed by atoms with Crippen LogP contribution in [0.5, 0.6) is 0 Å². The predicted molar refractivity (Wildman–Crippen MR) is 71.0 cm³/mol. The number of pyridine rings is 1. The normalized spacial score (nSPS) is 10.6. The topological polar surface area (TPSA) is 68.0 Å². The van der Waals surface area contributed by atoms with Gasteiger partial charge in [-0.1, -0.05) is 0 Å². The van der Waals surface area contributed by atoms with Gasteiger partial charge in [0.05, 0.1) is 11.3 Å². The third-order valence-electron chi connectivity index (χ3n) is 2.21. The van der Waals surface area contributed by atoms with Crippen molar-refractivity contribution in [1.82, 2.24) is 14.8 Å². The minimum Gasteiger partial charge on any atom is -0.478 e. The van der Waals surface area contributed by atoms with Gasteiger partial charge in [0, 0.05) is 17.7 Å². The van der Waals surface area contributed by atoms with Crippen molar-refractivity contribution < 1.29 is 9.90 Å². The zero-order chi connectivity index (χ0) is 13.3. The molecule has 0 aliphatic heterocycles. The maximum absolute atomic E-state index is 11.2. The van der Waals surface area contributed by atoms with Gasteiger partial charge in [-0.05, 0) is 46.7 Å². The van der Waals surface area contributed by atoms with Gasteiger partial charge in [-0.2, -0.15) is 5.10 Å². The van der Waals surface area contributed by atoms with E-state index >= 15 is 0 Å². The number of carbonyl (C=O) groups is 1. The monoisotopic (exact) mass is 327 g/mol. The Morgan fingerprint density at radius 2 is 2.22 bits per heavy atom. The number of hydrogen-bond donors (Lipinski definition) is 1. The Morgan fingerprint density at radius 1 is 1.50 bits per heavy atom. The van der Waals surface area contributed by atoms with Crippen molar-refractivity contribution in [2.45, 2.75) is 17.0 Å².